The van der Waals surface area contributed by atoms with Gasteiger partial charge in [-0.1, -0.05) is 23.7 Å². The quantitative estimate of drug-likeness (QED) is 0.713. The zero-order valence-electron chi connectivity index (χ0n) is 13.5. The number of carbonyl (C=O) groups excluding carboxylic acids is 2. The Bertz CT molecular complexity index is 973. The van der Waals surface area contributed by atoms with Crippen LogP contribution >= 0.6 is 11.5 Å². The molecule has 0 saturated heterocycles. The normalized spacial score (nSPS) is 10.6. The van der Waals surface area contributed by atoms with Gasteiger partial charge in [0.25, 0.3) is 5.56 Å². The van der Waals surface area contributed by atoms with E-state index in [9.17, 15) is 14.4 Å². The topological polar surface area (TPSA) is 77.4 Å². The molecule has 0 unspecified atom stereocenters. The molecule has 0 bridgehead atoms. The minimum Gasteiger partial charge on any atom is -0.465 e. The fourth-order valence-corrected chi connectivity index (χ4v) is 3.39. The van der Waals surface area contributed by atoms with E-state index in [4.69, 9.17) is 0 Å². The highest BCUT2D eigenvalue weighted by Crippen LogP contribution is 2.16. The standard InChI is InChI=1S/C18H16N2O4S/c1-24-18(23)12-6-8-13(9-7-12)19-16(21)10-11-20-17(22)14-4-2-3-5-15(14)25-20/h2-9H,10-11H2,1H3,(H,19,21). The zero-order valence-corrected chi connectivity index (χ0v) is 14.3. The molecule has 2 aromatic carbocycles. The Morgan fingerprint density at radius 3 is 2.52 bits per heavy atom. The maximum Gasteiger partial charge on any atom is 0.337 e. The van der Waals surface area contributed by atoms with Gasteiger partial charge in [-0.3, -0.25) is 13.5 Å². The molecule has 0 spiro atoms. The van der Waals surface area contributed by atoms with Crippen molar-refractivity contribution in [2.24, 2.45) is 0 Å². The number of methoxy groups -OCH3 is 1. The van der Waals surface area contributed by atoms with E-state index < -0.39 is 5.97 Å². The molecule has 1 amide bonds. The van der Waals surface area contributed by atoms with Gasteiger partial charge in [0.05, 0.1) is 22.8 Å². The lowest BCUT2D eigenvalue weighted by molar-refractivity contribution is -0.116. The monoisotopic (exact) mass is 356 g/mol. The second kappa shape index (κ2) is 7.31. The summed E-state index contributed by atoms with van der Waals surface area (Å²) in [5, 5.41) is 3.42. The Labute approximate surface area is 147 Å². The highest BCUT2D eigenvalue weighted by atomic mass is 32.1. The number of hydrogen-bond acceptors (Lipinski definition) is 5. The SMILES string of the molecule is COC(=O)c1ccc(NC(=O)CCn2sc3ccccc3c2=O)cc1. The number of nitrogens with one attached hydrogen (secondary N) is 1. The summed E-state index contributed by atoms with van der Waals surface area (Å²) in [6, 6.07) is 13.8. The van der Waals surface area contributed by atoms with Gasteiger partial charge in [-0.25, -0.2) is 4.79 Å². The number of nitrogens with zero attached hydrogens (tertiary/aromatic N) is 1. The van der Waals surface area contributed by atoms with E-state index in [2.05, 4.69) is 10.1 Å². The summed E-state index contributed by atoms with van der Waals surface area (Å²) < 4.78 is 7.12. The van der Waals surface area contributed by atoms with Crippen LogP contribution in [0.4, 0.5) is 5.69 Å². The molecule has 0 radical (unpaired) electrons. The molecular weight excluding hydrogens is 340 g/mol. The van der Waals surface area contributed by atoms with E-state index in [1.165, 1.54) is 18.6 Å². The third-order valence-corrected chi connectivity index (χ3v) is 4.81. The van der Waals surface area contributed by atoms with Gasteiger partial charge in [0, 0.05) is 18.7 Å². The lowest BCUT2D eigenvalue weighted by atomic mass is 10.2. The summed E-state index contributed by atoms with van der Waals surface area (Å²) in [5.41, 5.74) is 0.925. The molecule has 0 fully saturated rings. The first-order valence-corrected chi connectivity index (χ1v) is 8.43. The number of hydrogen-bond donors (Lipinski definition) is 1. The first-order valence-electron chi connectivity index (χ1n) is 7.65. The fourth-order valence-electron chi connectivity index (χ4n) is 2.40. The van der Waals surface area contributed by atoms with Crippen LogP contribution < -0.4 is 10.9 Å². The van der Waals surface area contributed by atoms with E-state index in [0.717, 1.165) is 4.70 Å². The van der Waals surface area contributed by atoms with Crippen molar-refractivity contribution in [3.05, 3.63) is 64.4 Å². The van der Waals surface area contributed by atoms with Crippen LogP contribution in [-0.2, 0) is 16.1 Å². The largest absolute Gasteiger partial charge is 0.465 e. The lowest BCUT2D eigenvalue weighted by Crippen LogP contribution is -2.19. The van der Waals surface area contributed by atoms with Gasteiger partial charge in [0.15, 0.2) is 0 Å². The number of esters is 1. The number of benzene rings is 2. The van der Waals surface area contributed by atoms with Crippen LogP contribution in [0.15, 0.2) is 53.3 Å². The minimum atomic E-state index is -0.429. The van der Waals surface area contributed by atoms with Crippen LogP contribution in [-0.4, -0.2) is 22.9 Å². The number of rotatable bonds is 5. The lowest BCUT2D eigenvalue weighted by Gasteiger charge is -2.06. The maximum atomic E-state index is 12.2. The summed E-state index contributed by atoms with van der Waals surface area (Å²) in [6.45, 7) is 0.324. The van der Waals surface area contributed by atoms with Crippen LogP contribution in [0.5, 0.6) is 0 Å². The van der Waals surface area contributed by atoms with Crippen LogP contribution in [0.2, 0.25) is 0 Å². The summed E-state index contributed by atoms with van der Waals surface area (Å²) in [6.07, 6.45) is 0.186. The molecule has 1 aromatic heterocycles. The minimum absolute atomic E-state index is 0.0733. The number of amides is 1. The fraction of sp³-hybridized carbons (Fsp3) is 0.167. The highest BCUT2D eigenvalue weighted by molar-refractivity contribution is 7.13. The van der Waals surface area contributed by atoms with Crippen LogP contribution in [0, 0.1) is 0 Å². The van der Waals surface area contributed by atoms with Gasteiger partial charge in [-0.2, -0.15) is 0 Å². The first-order chi connectivity index (χ1) is 12.1. The number of carbonyl (C=O) groups is 2. The zero-order chi connectivity index (χ0) is 17.8. The molecule has 6 nitrogen and oxygen atoms in total. The van der Waals surface area contributed by atoms with E-state index in [1.54, 1.807) is 34.3 Å². The van der Waals surface area contributed by atoms with Crippen molar-refractivity contribution in [1.29, 1.82) is 0 Å². The molecule has 25 heavy (non-hydrogen) atoms. The molecule has 1 heterocycles. The van der Waals surface area contributed by atoms with Gasteiger partial charge in [0.1, 0.15) is 0 Å². The molecular formula is C18H16N2O4S. The van der Waals surface area contributed by atoms with E-state index in [-0.39, 0.29) is 17.9 Å². The smallest absolute Gasteiger partial charge is 0.337 e. The first kappa shape index (κ1) is 16.9. The summed E-state index contributed by atoms with van der Waals surface area (Å²) in [5.74, 6) is -0.628. The van der Waals surface area contributed by atoms with Crippen molar-refractivity contribution in [3.8, 4) is 0 Å². The predicted molar refractivity (Wildman–Crippen MR) is 97.1 cm³/mol. The third kappa shape index (κ3) is 3.77. The molecule has 0 atom stereocenters. The molecule has 0 aliphatic rings. The van der Waals surface area contributed by atoms with Gasteiger partial charge >= 0.3 is 5.97 Å². The van der Waals surface area contributed by atoms with Crippen LogP contribution in [0.1, 0.15) is 16.8 Å². The molecule has 128 valence electrons. The van der Waals surface area contributed by atoms with Gasteiger partial charge < -0.3 is 10.1 Å². The number of aromatic nitrogens is 1. The number of ether oxygens (including phenoxy) is 1. The molecule has 7 heteroatoms. The summed E-state index contributed by atoms with van der Waals surface area (Å²) in [4.78, 5) is 35.7. The van der Waals surface area contributed by atoms with E-state index in [1.807, 2.05) is 18.2 Å². The number of aryl methyl sites for hydroxylation is 1. The molecule has 0 aliphatic heterocycles. The Hall–Kier alpha value is -2.93. The van der Waals surface area contributed by atoms with Gasteiger partial charge in [0.2, 0.25) is 5.91 Å². The highest BCUT2D eigenvalue weighted by Gasteiger charge is 2.10. The summed E-state index contributed by atoms with van der Waals surface area (Å²) in [7, 11) is 1.31. The van der Waals surface area contributed by atoms with Crippen molar-refractivity contribution in [1.82, 2.24) is 3.96 Å². The predicted octanol–water partition coefficient (Wildman–Crippen LogP) is 2.88. The molecule has 0 aliphatic carbocycles. The van der Waals surface area contributed by atoms with Gasteiger partial charge in [-0.15, -0.1) is 0 Å². The number of anilines is 1. The Kier molecular flexibility index (Phi) is 4.95. The molecule has 3 rings (SSSR count). The number of fused-ring (bicyclic) bond motifs is 1. The average molecular weight is 356 g/mol. The van der Waals surface area contributed by atoms with E-state index in [0.29, 0.717) is 23.2 Å². The maximum absolute atomic E-state index is 12.2. The van der Waals surface area contributed by atoms with Crippen molar-refractivity contribution < 1.29 is 14.3 Å². The van der Waals surface area contributed by atoms with Crippen molar-refractivity contribution >= 4 is 39.2 Å². The van der Waals surface area contributed by atoms with Crippen LogP contribution in [0.25, 0.3) is 10.1 Å². The second-order valence-corrected chi connectivity index (χ2v) is 6.42. The molecule has 3 aromatic rings. The van der Waals surface area contributed by atoms with Crippen LogP contribution in [0.3, 0.4) is 0 Å². The second-order valence-electron chi connectivity index (χ2n) is 5.36. The Morgan fingerprint density at radius 2 is 1.84 bits per heavy atom. The Balaban J connectivity index is 1.61. The van der Waals surface area contributed by atoms with Crippen molar-refractivity contribution in [2.75, 3.05) is 12.4 Å². The third-order valence-electron chi connectivity index (χ3n) is 3.68. The van der Waals surface area contributed by atoms with Crippen molar-refractivity contribution in [2.45, 2.75) is 13.0 Å². The molecule has 0 saturated carbocycles. The molecule has 1 N–H and O–H groups in total. The average Bonchev–Trinajstić information content (AvgIpc) is 2.96. The van der Waals surface area contributed by atoms with Gasteiger partial charge in [-0.05, 0) is 36.4 Å². The van der Waals surface area contributed by atoms with E-state index >= 15 is 0 Å². The summed E-state index contributed by atoms with van der Waals surface area (Å²) >= 11 is 1.35. The Morgan fingerprint density at radius 1 is 1.12 bits per heavy atom. The van der Waals surface area contributed by atoms with Crippen molar-refractivity contribution in [3.63, 3.8) is 0 Å².